The van der Waals surface area contributed by atoms with Crippen LogP contribution in [0.2, 0.25) is 0 Å². The molecule has 25 heavy (non-hydrogen) atoms. The van der Waals surface area contributed by atoms with E-state index < -0.39 is 26.6 Å². The Labute approximate surface area is 145 Å². The summed E-state index contributed by atoms with van der Waals surface area (Å²) in [4.78, 5) is 3.52. The van der Waals surface area contributed by atoms with Crippen molar-refractivity contribution in [1.82, 2.24) is 9.29 Å². The minimum atomic E-state index is -4.07. The van der Waals surface area contributed by atoms with Crippen molar-refractivity contribution in [1.29, 1.82) is 0 Å². The van der Waals surface area contributed by atoms with Gasteiger partial charge in [0.25, 0.3) is 0 Å². The van der Waals surface area contributed by atoms with E-state index in [-0.39, 0.29) is 19.2 Å². The number of hydrogen-bond acceptors (Lipinski definition) is 4. The summed E-state index contributed by atoms with van der Waals surface area (Å²) < 4.78 is 59.1. The second-order valence-corrected chi connectivity index (χ2v) is 7.84. The number of benzene rings is 1. The predicted molar refractivity (Wildman–Crippen MR) is 87.7 cm³/mol. The molecule has 1 fully saturated rings. The van der Waals surface area contributed by atoms with Gasteiger partial charge in [0.1, 0.15) is 28.4 Å². The van der Waals surface area contributed by atoms with E-state index in [2.05, 4.69) is 4.98 Å². The van der Waals surface area contributed by atoms with Crippen molar-refractivity contribution in [2.75, 3.05) is 13.1 Å². The number of sulfonamides is 1. The molecule has 0 radical (unpaired) electrons. The first-order valence-corrected chi connectivity index (χ1v) is 9.35. The molecule has 5 nitrogen and oxygen atoms in total. The minimum Gasteiger partial charge on any atom is -0.489 e. The largest absolute Gasteiger partial charge is 0.489 e. The molecule has 0 bridgehead atoms. The fourth-order valence-electron chi connectivity index (χ4n) is 2.72. The van der Waals surface area contributed by atoms with Gasteiger partial charge in [0.2, 0.25) is 10.0 Å². The van der Waals surface area contributed by atoms with Gasteiger partial charge in [0.05, 0.1) is 6.20 Å². The van der Waals surface area contributed by atoms with E-state index in [9.17, 15) is 17.2 Å². The van der Waals surface area contributed by atoms with Crippen molar-refractivity contribution >= 4 is 10.0 Å². The standard InChI is InChI=1S/C17H18F2N2O3S/c1-12-2-4-15(11-20-12)24-14-6-8-21(9-7-14)25(22,23)17-10-13(18)3-5-16(17)19/h2-5,10-11,14H,6-9H2,1H3. The summed E-state index contributed by atoms with van der Waals surface area (Å²) in [7, 11) is -4.07. The Kier molecular flexibility index (Phi) is 5.01. The van der Waals surface area contributed by atoms with E-state index in [1.807, 2.05) is 19.1 Å². The Balaban J connectivity index is 1.67. The zero-order valence-corrected chi connectivity index (χ0v) is 14.5. The maximum atomic E-state index is 13.8. The predicted octanol–water partition coefficient (Wildman–Crippen LogP) is 2.90. The molecule has 0 spiro atoms. The molecule has 2 aromatic rings. The Bertz CT molecular complexity index is 849. The van der Waals surface area contributed by atoms with Gasteiger partial charge in [-0.15, -0.1) is 0 Å². The minimum absolute atomic E-state index is 0.145. The summed E-state index contributed by atoms with van der Waals surface area (Å²) in [5.74, 6) is -1.11. The third kappa shape index (κ3) is 3.96. The van der Waals surface area contributed by atoms with Crippen molar-refractivity contribution in [3.05, 3.63) is 53.9 Å². The summed E-state index contributed by atoms with van der Waals surface area (Å²) in [6.45, 7) is 2.24. The van der Waals surface area contributed by atoms with Crippen molar-refractivity contribution in [3.8, 4) is 5.75 Å². The highest BCUT2D eigenvalue weighted by Gasteiger charge is 2.32. The van der Waals surface area contributed by atoms with Crippen molar-refractivity contribution in [2.24, 2.45) is 0 Å². The molecular formula is C17H18F2N2O3S. The quantitative estimate of drug-likeness (QED) is 0.833. The molecule has 1 aliphatic heterocycles. The molecule has 0 saturated carbocycles. The van der Waals surface area contributed by atoms with Crippen LogP contribution in [0.3, 0.4) is 0 Å². The van der Waals surface area contributed by atoms with E-state index in [4.69, 9.17) is 4.74 Å². The number of hydrogen-bond donors (Lipinski definition) is 0. The van der Waals surface area contributed by atoms with E-state index >= 15 is 0 Å². The third-order valence-corrected chi connectivity index (χ3v) is 6.01. The zero-order chi connectivity index (χ0) is 18.0. The lowest BCUT2D eigenvalue weighted by atomic mass is 10.1. The smallest absolute Gasteiger partial charge is 0.246 e. The van der Waals surface area contributed by atoms with Crippen molar-refractivity contribution in [3.63, 3.8) is 0 Å². The van der Waals surface area contributed by atoms with E-state index in [0.717, 1.165) is 22.1 Å². The molecule has 0 N–H and O–H groups in total. The average molecular weight is 368 g/mol. The van der Waals surface area contributed by atoms with Gasteiger partial charge < -0.3 is 4.74 Å². The van der Waals surface area contributed by atoms with Crippen LogP contribution in [0.5, 0.6) is 5.75 Å². The van der Waals surface area contributed by atoms with Crippen LogP contribution < -0.4 is 4.74 Å². The van der Waals surface area contributed by atoms with Crippen molar-refractivity contribution < 1.29 is 21.9 Å². The Hall–Kier alpha value is -2.06. The van der Waals surface area contributed by atoms with Crippen LogP contribution in [0, 0.1) is 18.6 Å². The molecule has 0 atom stereocenters. The molecule has 1 aromatic carbocycles. The van der Waals surface area contributed by atoms with Crippen LogP contribution in [-0.2, 0) is 10.0 Å². The second kappa shape index (κ2) is 7.05. The molecule has 1 aromatic heterocycles. The van der Waals surface area contributed by atoms with Gasteiger partial charge in [-0.2, -0.15) is 4.31 Å². The molecule has 1 saturated heterocycles. The number of aromatic nitrogens is 1. The monoisotopic (exact) mass is 368 g/mol. The third-order valence-electron chi connectivity index (χ3n) is 4.10. The van der Waals surface area contributed by atoms with Gasteiger partial charge in [-0.3, -0.25) is 4.98 Å². The van der Waals surface area contributed by atoms with Crippen LogP contribution >= 0.6 is 0 Å². The summed E-state index contributed by atoms with van der Waals surface area (Å²) in [5, 5.41) is 0. The molecule has 3 rings (SSSR count). The van der Waals surface area contributed by atoms with Crippen LogP contribution in [0.25, 0.3) is 0 Å². The van der Waals surface area contributed by atoms with Crippen LogP contribution in [0.1, 0.15) is 18.5 Å². The van der Waals surface area contributed by atoms with Gasteiger partial charge in [0, 0.05) is 18.8 Å². The molecule has 0 unspecified atom stereocenters. The molecule has 0 aliphatic carbocycles. The second-order valence-electron chi connectivity index (χ2n) is 5.93. The van der Waals surface area contributed by atoms with Crippen LogP contribution in [0.4, 0.5) is 8.78 Å². The summed E-state index contributed by atoms with van der Waals surface area (Å²) in [6, 6.07) is 6.08. The molecule has 0 amide bonds. The van der Waals surface area contributed by atoms with E-state index in [0.29, 0.717) is 24.7 Å². The number of nitrogens with zero attached hydrogens (tertiary/aromatic N) is 2. The number of piperidine rings is 1. The Morgan fingerprint density at radius 2 is 1.88 bits per heavy atom. The van der Waals surface area contributed by atoms with Gasteiger partial charge in [-0.1, -0.05) is 0 Å². The molecule has 2 heterocycles. The zero-order valence-electron chi connectivity index (χ0n) is 13.7. The first kappa shape index (κ1) is 17.8. The first-order chi connectivity index (χ1) is 11.9. The van der Waals surface area contributed by atoms with Gasteiger partial charge in [-0.05, 0) is 50.1 Å². The van der Waals surface area contributed by atoms with Crippen molar-refractivity contribution in [2.45, 2.75) is 30.8 Å². The number of ether oxygens (including phenoxy) is 1. The number of aryl methyl sites for hydroxylation is 1. The highest BCUT2D eigenvalue weighted by atomic mass is 32.2. The molecule has 134 valence electrons. The Morgan fingerprint density at radius 3 is 2.52 bits per heavy atom. The van der Waals surface area contributed by atoms with Gasteiger partial charge >= 0.3 is 0 Å². The average Bonchev–Trinajstić information content (AvgIpc) is 2.59. The molecule has 8 heteroatoms. The van der Waals surface area contributed by atoms with Crippen LogP contribution in [-0.4, -0.2) is 36.9 Å². The summed E-state index contributed by atoms with van der Waals surface area (Å²) in [6.07, 6.45) is 2.41. The highest BCUT2D eigenvalue weighted by Crippen LogP contribution is 2.25. The Morgan fingerprint density at radius 1 is 1.16 bits per heavy atom. The van der Waals surface area contributed by atoms with Crippen LogP contribution in [0.15, 0.2) is 41.4 Å². The van der Waals surface area contributed by atoms with Gasteiger partial charge in [-0.25, -0.2) is 17.2 Å². The highest BCUT2D eigenvalue weighted by molar-refractivity contribution is 7.89. The lowest BCUT2D eigenvalue weighted by Crippen LogP contribution is -2.42. The molecular weight excluding hydrogens is 350 g/mol. The number of halogens is 2. The SMILES string of the molecule is Cc1ccc(OC2CCN(S(=O)(=O)c3cc(F)ccc3F)CC2)cn1. The normalized spacial score (nSPS) is 16.8. The topological polar surface area (TPSA) is 59.5 Å². The van der Waals surface area contributed by atoms with E-state index in [1.54, 1.807) is 6.20 Å². The van der Waals surface area contributed by atoms with E-state index in [1.165, 1.54) is 0 Å². The fourth-order valence-corrected chi connectivity index (χ4v) is 4.27. The number of pyridine rings is 1. The summed E-state index contributed by atoms with van der Waals surface area (Å²) in [5.41, 5.74) is 0.880. The van der Waals surface area contributed by atoms with Gasteiger partial charge in [0.15, 0.2) is 0 Å². The first-order valence-electron chi connectivity index (χ1n) is 7.91. The number of rotatable bonds is 4. The fraction of sp³-hybridized carbons (Fsp3) is 0.353. The summed E-state index contributed by atoms with van der Waals surface area (Å²) >= 11 is 0. The lowest BCUT2D eigenvalue weighted by Gasteiger charge is -2.31. The lowest BCUT2D eigenvalue weighted by molar-refractivity contribution is 0.134. The maximum absolute atomic E-state index is 13.8. The maximum Gasteiger partial charge on any atom is 0.246 e. The molecule has 1 aliphatic rings.